The van der Waals surface area contributed by atoms with E-state index in [2.05, 4.69) is 10.3 Å². The minimum atomic E-state index is -0.410. The second kappa shape index (κ2) is 6.01. The van der Waals surface area contributed by atoms with Crippen LogP contribution in [-0.2, 0) is 0 Å². The Morgan fingerprint density at radius 2 is 2.10 bits per heavy atom. The monoisotopic (exact) mass is 273 g/mol. The Morgan fingerprint density at radius 3 is 2.75 bits per heavy atom. The number of ether oxygens (including phenoxy) is 1. The number of hydrogen-bond donors (Lipinski definition) is 1. The first-order chi connectivity index (χ1) is 9.60. The third-order valence-electron chi connectivity index (χ3n) is 2.69. The molecule has 0 saturated carbocycles. The van der Waals surface area contributed by atoms with Gasteiger partial charge in [0.15, 0.2) is 0 Å². The van der Waals surface area contributed by atoms with Crippen molar-refractivity contribution in [2.45, 2.75) is 13.8 Å². The van der Waals surface area contributed by atoms with E-state index < -0.39 is 4.92 Å². The van der Waals surface area contributed by atoms with Crippen LogP contribution in [0.3, 0.4) is 0 Å². The Morgan fingerprint density at radius 1 is 1.30 bits per heavy atom. The van der Waals surface area contributed by atoms with Crippen LogP contribution in [-0.4, -0.2) is 16.5 Å². The van der Waals surface area contributed by atoms with Gasteiger partial charge in [-0.1, -0.05) is 0 Å². The minimum Gasteiger partial charge on any atom is -0.456 e. The van der Waals surface area contributed by atoms with E-state index in [0.29, 0.717) is 17.1 Å². The maximum Gasteiger partial charge on any atom is 0.272 e. The summed E-state index contributed by atoms with van der Waals surface area (Å²) < 4.78 is 5.66. The molecule has 6 nitrogen and oxygen atoms in total. The van der Waals surface area contributed by atoms with Crippen molar-refractivity contribution < 1.29 is 9.66 Å². The SMILES string of the molecule is CCNc1cncc(Oc2ccc([N+](=O)[O-])c(C)c2)c1. The van der Waals surface area contributed by atoms with Gasteiger partial charge in [-0.3, -0.25) is 15.1 Å². The third-order valence-corrected chi connectivity index (χ3v) is 2.69. The summed E-state index contributed by atoms with van der Waals surface area (Å²) in [6, 6.07) is 6.47. The highest BCUT2D eigenvalue weighted by Crippen LogP contribution is 2.27. The second-order valence-corrected chi connectivity index (χ2v) is 4.25. The van der Waals surface area contributed by atoms with Crippen molar-refractivity contribution in [3.63, 3.8) is 0 Å². The summed E-state index contributed by atoms with van der Waals surface area (Å²) in [6.07, 6.45) is 3.30. The number of nitro benzene ring substituents is 1. The van der Waals surface area contributed by atoms with Crippen molar-refractivity contribution in [2.75, 3.05) is 11.9 Å². The number of pyridine rings is 1. The van der Waals surface area contributed by atoms with Gasteiger partial charge in [0.1, 0.15) is 11.5 Å². The van der Waals surface area contributed by atoms with Crippen molar-refractivity contribution in [1.29, 1.82) is 0 Å². The first-order valence-electron chi connectivity index (χ1n) is 6.22. The largest absolute Gasteiger partial charge is 0.456 e. The number of aromatic nitrogens is 1. The highest BCUT2D eigenvalue weighted by atomic mass is 16.6. The maximum absolute atomic E-state index is 10.8. The minimum absolute atomic E-state index is 0.0804. The molecule has 0 aliphatic carbocycles. The zero-order valence-corrected chi connectivity index (χ0v) is 11.3. The van der Waals surface area contributed by atoms with Crippen LogP contribution in [0.4, 0.5) is 11.4 Å². The average molecular weight is 273 g/mol. The molecule has 0 atom stereocenters. The van der Waals surface area contributed by atoms with Crippen LogP contribution >= 0.6 is 0 Å². The van der Waals surface area contributed by atoms with Gasteiger partial charge in [-0.05, 0) is 26.0 Å². The fourth-order valence-electron chi connectivity index (χ4n) is 1.81. The molecule has 1 heterocycles. The van der Waals surface area contributed by atoms with Crippen LogP contribution in [0.5, 0.6) is 11.5 Å². The normalized spacial score (nSPS) is 10.1. The highest BCUT2D eigenvalue weighted by molar-refractivity contribution is 5.48. The Bertz CT molecular complexity index is 629. The number of nitro groups is 1. The van der Waals surface area contributed by atoms with Crippen LogP contribution in [0.25, 0.3) is 0 Å². The maximum atomic E-state index is 10.8. The molecule has 0 fully saturated rings. The molecular formula is C14H15N3O3. The van der Waals surface area contributed by atoms with Gasteiger partial charge >= 0.3 is 0 Å². The van der Waals surface area contributed by atoms with Crippen LogP contribution in [0.2, 0.25) is 0 Å². The first-order valence-corrected chi connectivity index (χ1v) is 6.22. The number of benzene rings is 1. The van der Waals surface area contributed by atoms with E-state index in [1.165, 1.54) is 6.07 Å². The van der Waals surface area contributed by atoms with Crippen molar-refractivity contribution >= 4 is 11.4 Å². The summed E-state index contributed by atoms with van der Waals surface area (Å²) in [4.78, 5) is 14.4. The van der Waals surface area contributed by atoms with Gasteiger partial charge in [-0.25, -0.2) is 0 Å². The molecule has 0 aliphatic rings. The molecule has 0 unspecified atom stereocenters. The zero-order chi connectivity index (χ0) is 14.5. The molecule has 0 radical (unpaired) electrons. The number of nitrogens with one attached hydrogen (secondary N) is 1. The van der Waals surface area contributed by atoms with Crippen LogP contribution in [0, 0.1) is 17.0 Å². The molecule has 104 valence electrons. The fraction of sp³-hybridized carbons (Fsp3) is 0.214. The molecule has 1 aromatic heterocycles. The van der Waals surface area contributed by atoms with Crippen LogP contribution in [0.15, 0.2) is 36.7 Å². The van der Waals surface area contributed by atoms with Crippen molar-refractivity contribution in [2.24, 2.45) is 0 Å². The molecule has 6 heteroatoms. The predicted octanol–water partition coefficient (Wildman–Crippen LogP) is 3.52. The predicted molar refractivity (Wildman–Crippen MR) is 76.3 cm³/mol. The van der Waals surface area contributed by atoms with E-state index in [1.807, 2.05) is 13.0 Å². The van der Waals surface area contributed by atoms with Crippen molar-refractivity contribution in [3.8, 4) is 11.5 Å². The lowest BCUT2D eigenvalue weighted by Gasteiger charge is -2.08. The first kappa shape index (κ1) is 13.8. The van der Waals surface area contributed by atoms with Gasteiger partial charge in [0, 0.05) is 24.2 Å². The summed E-state index contributed by atoms with van der Waals surface area (Å²) in [6.45, 7) is 4.47. The summed E-state index contributed by atoms with van der Waals surface area (Å²) >= 11 is 0. The Hall–Kier alpha value is -2.63. The van der Waals surface area contributed by atoms with E-state index in [9.17, 15) is 10.1 Å². The van der Waals surface area contributed by atoms with Crippen molar-refractivity contribution in [1.82, 2.24) is 4.98 Å². The molecule has 1 N–H and O–H groups in total. The molecule has 1 aromatic carbocycles. The van der Waals surface area contributed by atoms with Crippen LogP contribution < -0.4 is 10.1 Å². The van der Waals surface area contributed by atoms with Gasteiger partial charge in [-0.2, -0.15) is 0 Å². The molecular weight excluding hydrogens is 258 g/mol. The molecule has 2 rings (SSSR count). The van der Waals surface area contributed by atoms with E-state index in [1.54, 1.807) is 31.5 Å². The summed E-state index contributed by atoms with van der Waals surface area (Å²) in [5.74, 6) is 1.13. The molecule has 20 heavy (non-hydrogen) atoms. The second-order valence-electron chi connectivity index (χ2n) is 4.25. The molecule has 2 aromatic rings. The summed E-state index contributed by atoms with van der Waals surface area (Å²) in [5, 5.41) is 13.9. The third kappa shape index (κ3) is 3.23. The average Bonchev–Trinajstić information content (AvgIpc) is 2.39. The highest BCUT2D eigenvalue weighted by Gasteiger charge is 2.11. The molecule has 0 saturated heterocycles. The van der Waals surface area contributed by atoms with Crippen LogP contribution in [0.1, 0.15) is 12.5 Å². The Kier molecular flexibility index (Phi) is 4.14. The number of nitrogens with zero attached hydrogens (tertiary/aromatic N) is 2. The van der Waals surface area contributed by atoms with Crippen molar-refractivity contribution in [3.05, 3.63) is 52.3 Å². The zero-order valence-electron chi connectivity index (χ0n) is 11.3. The Balaban J connectivity index is 2.19. The van der Waals surface area contributed by atoms with Gasteiger partial charge < -0.3 is 10.1 Å². The van der Waals surface area contributed by atoms with E-state index in [-0.39, 0.29) is 5.69 Å². The Labute approximate surface area is 116 Å². The lowest BCUT2D eigenvalue weighted by atomic mass is 10.2. The molecule has 0 amide bonds. The van der Waals surface area contributed by atoms with Gasteiger partial charge in [0.05, 0.1) is 23.0 Å². The van der Waals surface area contributed by atoms with Gasteiger partial charge in [-0.15, -0.1) is 0 Å². The topological polar surface area (TPSA) is 77.3 Å². The molecule has 0 bridgehead atoms. The molecule has 0 aliphatic heterocycles. The number of rotatable bonds is 5. The smallest absolute Gasteiger partial charge is 0.272 e. The number of hydrogen-bond acceptors (Lipinski definition) is 5. The standard InChI is InChI=1S/C14H15N3O3/c1-3-16-11-7-13(9-15-8-11)20-12-4-5-14(17(18)19)10(2)6-12/h4-9,16H,3H2,1-2H3. The summed E-state index contributed by atoms with van der Waals surface area (Å²) in [5.41, 5.74) is 1.50. The lowest BCUT2D eigenvalue weighted by Crippen LogP contribution is -1.97. The lowest BCUT2D eigenvalue weighted by molar-refractivity contribution is -0.385. The number of anilines is 1. The quantitative estimate of drug-likeness (QED) is 0.666. The van der Waals surface area contributed by atoms with E-state index in [0.717, 1.165) is 12.2 Å². The van der Waals surface area contributed by atoms with E-state index >= 15 is 0 Å². The van der Waals surface area contributed by atoms with E-state index in [4.69, 9.17) is 4.74 Å². The summed E-state index contributed by atoms with van der Waals surface area (Å²) in [7, 11) is 0. The van der Waals surface area contributed by atoms with Gasteiger partial charge in [0.25, 0.3) is 5.69 Å². The number of aryl methyl sites for hydroxylation is 1. The molecule has 0 spiro atoms. The van der Waals surface area contributed by atoms with Gasteiger partial charge in [0.2, 0.25) is 0 Å². The fourth-order valence-corrected chi connectivity index (χ4v) is 1.81.